The van der Waals surface area contributed by atoms with E-state index < -0.39 is 6.10 Å². The fourth-order valence-electron chi connectivity index (χ4n) is 0.689. The smallest absolute Gasteiger partial charge is 0.129 e. The molecule has 0 aromatic carbocycles. The fourth-order valence-corrected chi connectivity index (χ4v) is 1.02. The molecule has 60 valence electrons. The van der Waals surface area contributed by atoms with Crippen LogP contribution in [-0.2, 0) is 0 Å². The van der Waals surface area contributed by atoms with Crippen LogP contribution < -0.4 is 0 Å². The Bertz CT molecular complexity index is 242. The molecule has 0 saturated carbocycles. The van der Waals surface area contributed by atoms with Crippen molar-refractivity contribution in [3.8, 4) is 0 Å². The second kappa shape index (κ2) is 3.90. The molecule has 0 aliphatic rings. The highest BCUT2D eigenvalue weighted by Crippen LogP contribution is 2.13. The van der Waals surface area contributed by atoms with Gasteiger partial charge in [0.1, 0.15) is 11.3 Å². The van der Waals surface area contributed by atoms with Gasteiger partial charge < -0.3 is 5.11 Å². The van der Waals surface area contributed by atoms with Crippen LogP contribution in [0.4, 0.5) is 0 Å². The van der Waals surface area contributed by atoms with E-state index in [-0.39, 0.29) is 5.88 Å². The zero-order valence-electron chi connectivity index (χ0n) is 5.67. The number of aromatic nitrogens is 1. The number of halogens is 2. The average molecular weight is 192 g/mol. The highest BCUT2D eigenvalue weighted by Gasteiger charge is 2.06. The van der Waals surface area contributed by atoms with Crippen molar-refractivity contribution in [2.24, 2.45) is 0 Å². The van der Waals surface area contributed by atoms with Gasteiger partial charge >= 0.3 is 0 Å². The van der Waals surface area contributed by atoms with Crippen LogP contribution in [0.25, 0.3) is 0 Å². The van der Waals surface area contributed by atoms with Crippen LogP contribution in [0.2, 0.25) is 5.15 Å². The molecule has 1 N–H and O–H groups in total. The summed E-state index contributed by atoms with van der Waals surface area (Å²) in [7, 11) is 0. The zero-order valence-corrected chi connectivity index (χ0v) is 7.18. The minimum atomic E-state index is -0.727. The second-order valence-electron chi connectivity index (χ2n) is 2.06. The van der Waals surface area contributed by atoms with Crippen molar-refractivity contribution in [1.29, 1.82) is 0 Å². The van der Waals surface area contributed by atoms with E-state index in [4.69, 9.17) is 23.2 Å². The maximum absolute atomic E-state index is 9.20. The largest absolute Gasteiger partial charge is 0.386 e. The lowest BCUT2D eigenvalue weighted by molar-refractivity contribution is 0.198. The number of aliphatic hydroxyl groups is 1. The van der Waals surface area contributed by atoms with Gasteiger partial charge in [-0.05, 0) is 12.1 Å². The summed E-state index contributed by atoms with van der Waals surface area (Å²) in [4.78, 5) is 3.87. The fraction of sp³-hybridized carbons (Fsp3) is 0.286. The van der Waals surface area contributed by atoms with Gasteiger partial charge in [0.2, 0.25) is 0 Å². The number of hydrogen-bond donors (Lipinski definition) is 1. The molecule has 0 aliphatic heterocycles. The molecule has 1 unspecified atom stereocenters. The standard InChI is InChI=1S/C7H7Cl2NO/c8-4-6(11)5-2-1-3-7(9)10-5/h1-3,6,11H,4H2. The number of alkyl halides is 1. The van der Waals surface area contributed by atoms with Crippen LogP contribution >= 0.6 is 23.2 Å². The van der Waals surface area contributed by atoms with Gasteiger partial charge in [0.05, 0.1) is 11.6 Å². The van der Waals surface area contributed by atoms with Crippen molar-refractivity contribution in [2.45, 2.75) is 6.10 Å². The summed E-state index contributed by atoms with van der Waals surface area (Å²) in [6.07, 6.45) is -0.727. The van der Waals surface area contributed by atoms with Crippen LogP contribution in [0.5, 0.6) is 0 Å². The number of hydrogen-bond acceptors (Lipinski definition) is 2. The lowest BCUT2D eigenvalue weighted by Gasteiger charge is -2.04. The van der Waals surface area contributed by atoms with Crippen molar-refractivity contribution < 1.29 is 5.11 Å². The maximum Gasteiger partial charge on any atom is 0.129 e. The van der Waals surface area contributed by atoms with Crippen molar-refractivity contribution in [3.05, 3.63) is 29.0 Å². The van der Waals surface area contributed by atoms with E-state index in [2.05, 4.69) is 4.98 Å². The Morgan fingerprint density at radius 1 is 1.55 bits per heavy atom. The summed E-state index contributed by atoms with van der Waals surface area (Å²) in [5.74, 6) is 0.132. The summed E-state index contributed by atoms with van der Waals surface area (Å²) < 4.78 is 0. The first-order valence-corrected chi connectivity index (χ1v) is 4.02. The molecule has 0 fully saturated rings. The van der Waals surface area contributed by atoms with E-state index in [1.807, 2.05) is 0 Å². The third-order valence-corrected chi connectivity index (χ3v) is 1.73. The minimum absolute atomic E-state index is 0.132. The summed E-state index contributed by atoms with van der Waals surface area (Å²) >= 11 is 11.0. The zero-order chi connectivity index (χ0) is 8.27. The number of rotatable bonds is 2. The van der Waals surface area contributed by atoms with Gasteiger partial charge in [-0.15, -0.1) is 11.6 Å². The second-order valence-corrected chi connectivity index (χ2v) is 2.75. The van der Waals surface area contributed by atoms with Crippen LogP contribution in [0.3, 0.4) is 0 Å². The predicted molar refractivity (Wildman–Crippen MR) is 44.9 cm³/mol. The summed E-state index contributed by atoms with van der Waals surface area (Å²) in [6.45, 7) is 0. The Balaban J connectivity index is 2.86. The van der Waals surface area contributed by atoms with E-state index in [9.17, 15) is 5.11 Å². The molecule has 1 aromatic heterocycles. The Morgan fingerprint density at radius 3 is 2.82 bits per heavy atom. The predicted octanol–water partition coefficient (Wildman–Crippen LogP) is 2.01. The quantitative estimate of drug-likeness (QED) is 0.574. The molecule has 1 aromatic rings. The first-order chi connectivity index (χ1) is 5.24. The first kappa shape index (κ1) is 8.78. The van der Waals surface area contributed by atoms with Gasteiger partial charge in [0.25, 0.3) is 0 Å². The number of nitrogens with zero attached hydrogens (tertiary/aromatic N) is 1. The van der Waals surface area contributed by atoms with E-state index in [0.717, 1.165) is 0 Å². The van der Waals surface area contributed by atoms with Gasteiger partial charge in [-0.2, -0.15) is 0 Å². The molecule has 0 amide bonds. The normalized spacial score (nSPS) is 13.0. The van der Waals surface area contributed by atoms with Crippen molar-refractivity contribution in [3.63, 3.8) is 0 Å². The summed E-state index contributed by atoms with van der Waals surface area (Å²) in [5, 5.41) is 9.57. The monoisotopic (exact) mass is 191 g/mol. The summed E-state index contributed by atoms with van der Waals surface area (Å²) in [6, 6.07) is 5.05. The van der Waals surface area contributed by atoms with Gasteiger partial charge in [-0.3, -0.25) is 0 Å². The Kier molecular flexibility index (Phi) is 3.12. The first-order valence-electron chi connectivity index (χ1n) is 3.10. The molecule has 4 heteroatoms. The van der Waals surface area contributed by atoms with Crippen LogP contribution in [0.1, 0.15) is 11.8 Å². The molecule has 0 bridgehead atoms. The molecule has 0 aliphatic carbocycles. The van der Waals surface area contributed by atoms with E-state index in [1.165, 1.54) is 0 Å². The highest BCUT2D eigenvalue weighted by atomic mass is 35.5. The van der Waals surface area contributed by atoms with Crippen LogP contribution in [-0.4, -0.2) is 16.0 Å². The molecule has 0 saturated heterocycles. The van der Waals surface area contributed by atoms with E-state index >= 15 is 0 Å². The lowest BCUT2D eigenvalue weighted by atomic mass is 10.2. The van der Waals surface area contributed by atoms with Gasteiger partial charge in [0, 0.05) is 0 Å². The Morgan fingerprint density at radius 2 is 2.27 bits per heavy atom. The van der Waals surface area contributed by atoms with Crippen LogP contribution in [0, 0.1) is 0 Å². The molecule has 1 rings (SSSR count). The molecule has 0 spiro atoms. The van der Waals surface area contributed by atoms with Crippen molar-refractivity contribution in [2.75, 3.05) is 5.88 Å². The van der Waals surface area contributed by atoms with Gasteiger partial charge in [0.15, 0.2) is 0 Å². The highest BCUT2D eigenvalue weighted by molar-refractivity contribution is 6.29. The SMILES string of the molecule is OC(CCl)c1cccc(Cl)n1. The number of aliphatic hydroxyl groups excluding tert-OH is 1. The molecule has 11 heavy (non-hydrogen) atoms. The Labute approximate surface area is 74.8 Å². The van der Waals surface area contributed by atoms with E-state index in [1.54, 1.807) is 18.2 Å². The van der Waals surface area contributed by atoms with Crippen LogP contribution in [0.15, 0.2) is 18.2 Å². The van der Waals surface area contributed by atoms with E-state index in [0.29, 0.717) is 10.8 Å². The lowest BCUT2D eigenvalue weighted by Crippen LogP contribution is -2.00. The minimum Gasteiger partial charge on any atom is -0.386 e. The topological polar surface area (TPSA) is 33.1 Å². The molecule has 1 heterocycles. The van der Waals surface area contributed by atoms with Gasteiger partial charge in [-0.1, -0.05) is 17.7 Å². The third-order valence-electron chi connectivity index (χ3n) is 1.22. The van der Waals surface area contributed by atoms with Crippen molar-refractivity contribution >= 4 is 23.2 Å². The molecular weight excluding hydrogens is 185 g/mol. The molecule has 1 atom stereocenters. The van der Waals surface area contributed by atoms with Crippen molar-refractivity contribution in [1.82, 2.24) is 4.98 Å². The maximum atomic E-state index is 9.20. The molecule has 2 nitrogen and oxygen atoms in total. The molecular formula is C7H7Cl2NO. The molecule has 0 radical (unpaired) electrons. The third kappa shape index (κ3) is 2.33. The average Bonchev–Trinajstić information content (AvgIpc) is 2.03. The summed E-state index contributed by atoms with van der Waals surface area (Å²) in [5.41, 5.74) is 0.507. The van der Waals surface area contributed by atoms with Gasteiger partial charge in [-0.25, -0.2) is 4.98 Å². The Hall–Kier alpha value is -0.310. The number of pyridine rings is 1.